The molecule has 7 nitrogen and oxygen atoms in total. The molecule has 1 atom stereocenters. The van der Waals surface area contributed by atoms with Crippen molar-refractivity contribution in [1.82, 2.24) is 24.6 Å². The molecule has 0 radical (unpaired) electrons. The Kier molecular flexibility index (Phi) is 5.53. The minimum Gasteiger partial charge on any atom is -0.444 e. The molecule has 1 fully saturated rings. The third kappa shape index (κ3) is 4.48. The van der Waals surface area contributed by atoms with Gasteiger partial charge >= 0.3 is 0 Å². The van der Waals surface area contributed by atoms with Crippen molar-refractivity contribution in [1.29, 1.82) is 0 Å². The fourth-order valence-electron chi connectivity index (χ4n) is 3.25. The van der Waals surface area contributed by atoms with Crippen LogP contribution in [-0.2, 0) is 17.9 Å². The van der Waals surface area contributed by atoms with E-state index in [1.165, 1.54) is 0 Å². The second-order valence-corrected chi connectivity index (χ2v) is 6.97. The summed E-state index contributed by atoms with van der Waals surface area (Å²) in [4.78, 5) is 20.8. The maximum atomic E-state index is 12.2. The molecule has 0 bridgehead atoms. The van der Waals surface area contributed by atoms with Crippen molar-refractivity contribution in [3.05, 3.63) is 36.3 Å². The van der Waals surface area contributed by atoms with E-state index in [0.29, 0.717) is 18.4 Å². The van der Waals surface area contributed by atoms with Crippen LogP contribution < -0.4 is 0 Å². The van der Waals surface area contributed by atoms with E-state index in [9.17, 15) is 4.79 Å². The van der Waals surface area contributed by atoms with Crippen molar-refractivity contribution in [2.24, 2.45) is 0 Å². The first-order valence-electron chi connectivity index (χ1n) is 8.94. The number of likely N-dealkylation sites (tertiary alicyclic amines) is 1. The van der Waals surface area contributed by atoms with Gasteiger partial charge in [0.05, 0.1) is 19.3 Å². The third-order valence-electron chi connectivity index (χ3n) is 4.74. The van der Waals surface area contributed by atoms with Crippen molar-refractivity contribution < 1.29 is 9.21 Å². The standard InChI is InChI=1S/C18H27N5O2/c1-14(2)17-11-19-18(25-17)13-23(15(3)24)16-5-8-21(12-16)9-10-22-7-4-6-20-22/h4,6-7,11,14,16H,5,8-10,12-13H2,1-3H3/t16-/m0/s1. The monoisotopic (exact) mass is 345 g/mol. The minimum atomic E-state index is 0.0724. The lowest BCUT2D eigenvalue weighted by molar-refractivity contribution is -0.132. The van der Waals surface area contributed by atoms with Crippen LogP contribution in [0, 0.1) is 0 Å². The lowest BCUT2D eigenvalue weighted by atomic mass is 10.2. The molecule has 1 amide bonds. The number of rotatable bonds is 7. The van der Waals surface area contributed by atoms with E-state index in [0.717, 1.165) is 38.4 Å². The van der Waals surface area contributed by atoms with Crippen LogP contribution in [0.4, 0.5) is 0 Å². The summed E-state index contributed by atoms with van der Waals surface area (Å²) in [7, 11) is 0. The van der Waals surface area contributed by atoms with E-state index >= 15 is 0 Å². The van der Waals surface area contributed by atoms with Gasteiger partial charge in [-0.1, -0.05) is 13.8 Å². The third-order valence-corrected chi connectivity index (χ3v) is 4.74. The Hall–Kier alpha value is -2.15. The van der Waals surface area contributed by atoms with E-state index in [4.69, 9.17) is 4.42 Å². The molecule has 0 N–H and O–H groups in total. The maximum absolute atomic E-state index is 12.2. The second kappa shape index (κ2) is 7.82. The zero-order valence-electron chi connectivity index (χ0n) is 15.3. The fourth-order valence-corrected chi connectivity index (χ4v) is 3.25. The zero-order chi connectivity index (χ0) is 17.8. The molecular weight excluding hydrogens is 318 g/mol. The molecule has 1 aliphatic heterocycles. The first kappa shape index (κ1) is 17.7. The lowest BCUT2D eigenvalue weighted by Crippen LogP contribution is -2.40. The van der Waals surface area contributed by atoms with Gasteiger partial charge in [0, 0.05) is 50.9 Å². The summed E-state index contributed by atoms with van der Waals surface area (Å²) < 4.78 is 7.72. The summed E-state index contributed by atoms with van der Waals surface area (Å²) in [6.45, 7) is 9.91. The van der Waals surface area contributed by atoms with Crippen molar-refractivity contribution in [2.75, 3.05) is 19.6 Å². The molecule has 0 aliphatic carbocycles. The van der Waals surface area contributed by atoms with Gasteiger partial charge in [0.2, 0.25) is 11.8 Å². The highest BCUT2D eigenvalue weighted by Gasteiger charge is 2.30. The number of carbonyl (C=O) groups excluding carboxylic acids is 1. The van der Waals surface area contributed by atoms with Gasteiger partial charge in [0.15, 0.2) is 0 Å². The van der Waals surface area contributed by atoms with Crippen LogP contribution in [-0.4, -0.2) is 56.1 Å². The molecule has 3 heterocycles. The van der Waals surface area contributed by atoms with Gasteiger partial charge in [-0.2, -0.15) is 5.10 Å². The Morgan fingerprint density at radius 2 is 2.28 bits per heavy atom. The summed E-state index contributed by atoms with van der Waals surface area (Å²) in [5.74, 6) is 1.86. The number of aromatic nitrogens is 3. The molecule has 3 rings (SSSR count). The molecule has 0 saturated carbocycles. The molecule has 1 saturated heterocycles. The zero-order valence-corrected chi connectivity index (χ0v) is 15.3. The van der Waals surface area contributed by atoms with Crippen LogP contribution in [0.2, 0.25) is 0 Å². The first-order valence-corrected chi connectivity index (χ1v) is 8.94. The van der Waals surface area contributed by atoms with Crippen LogP contribution in [0.25, 0.3) is 0 Å². The van der Waals surface area contributed by atoms with Crippen LogP contribution >= 0.6 is 0 Å². The van der Waals surface area contributed by atoms with Crippen molar-refractivity contribution in [3.63, 3.8) is 0 Å². The highest BCUT2D eigenvalue weighted by atomic mass is 16.4. The number of oxazole rings is 1. The van der Waals surface area contributed by atoms with Gasteiger partial charge in [-0.05, 0) is 12.5 Å². The topological polar surface area (TPSA) is 67.4 Å². The normalized spacial score (nSPS) is 18.2. The van der Waals surface area contributed by atoms with Gasteiger partial charge < -0.3 is 9.32 Å². The summed E-state index contributed by atoms with van der Waals surface area (Å²) in [6, 6.07) is 2.15. The smallest absolute Gasteiger partial charge is 0.220 e. The Bertz CT molecular complexity index is 679. The predicted octanol–water partition coefficient (Wildman–Crippen LogP) is 2.12. The molecule has 2 aromatic rings. The average Bonchev–Trinajstić information content (AvgIpc) is 3.31. The lowest BCUT2D eigenvalue weighted by Gasteiger charge is -2.27. The van der Waals surface area contributed by atoms with Gasteiger partial charge in [-0.15, -0.1) is 0 Å². The number of amides is 1. The van der Waals surface area contributed by atoms with Crippen molar-refractivity contribution in [3.8, 4) is 0 Å². The number of hydrogen-bond acceptors (Lipinski definition) is 5. The molecule has 7 heteroatoms. The molecule has 25 heavy (non-hydrogen) atoms. The first-order chi connectivity index (χ1) is 12.0. The highest BCUT2D eigenvalue weighted by molar-refractivity contribution is 5.73. The van der Waals surface area contributed by atoms with Gasteiger partial charge in [0.25, 0.3) is 0 Å². The summed E-state index contributed by atoms with van der Waals surface area (Å²) in [5, 5.41) is 4.24. The van der Waals surface area contributed by atoms with Crippen LogP contribution in [0.1, 0.15) is 44.8 Å². The molecule has 0 aromatic carbocycles. The van der Waals surface area contributed by atoms with Crippen molar-refractivity contribution >= 4 is 5.91 Å². The second-order valence-electron chi connectivity index (χ2n) is 6.97. The largest absolute Gasteiger partial charge is 0.444 e. The minimum absolute atomic E-state index is 0.0724. The molecule has 136 valence electrons. The van der Waals surface area contributed by atoms with E-state index in [1.807, 2.05) is 21.8 Å². The van der Waals surface area contributed by atoms with Crippen LogP contribution in [0.3, 0.4) is 0 Å². The van der Waals surface area contributed by atoms with Gasteiger partial charge in [-0.25, -0.2) is 4.98 Å². The molecule has 0 spiro atoms. The quantitative estimate of drug-likeness (QED) is 0.769. The molecular formula is C18H27N5O2. The van der Waals surface area contributed by atoms with Gasteiger partial charge in [0.1, 0.15) is 5.76 Å². The summed E-state index contributed by atoms with van der Waals surface area (Å²) >= 11 is 0. The predicted molar refractivity (Wildman–Crippen MR) is 93.9 cm³/mol. The Morgan fingerprint density at radius 1 is 1.44 bits per heavy atom. The summed E-state index contributed by atoms with van der Waals surface area (Å²) in [6.07, 6.45) is 6.52. The van der Waals surface area contributed by atoms with Crippen molar-refractivity contribution in [2.45, 2.75) is 52.2 Å². The highest BCUT2D eigenvalue weighted by Crippen LogP contribution is 2.20. The average molecular weight is 345 g/mol. The fraction of sp³-hybridized carbons (Fsp3) is 0.611. The number of hydrogen-bond donors (Lipinski definition) is 0. The van der Waals surface area contributed by atoms with E-state index in [2.05, 4.69) is 28.8 Å². The van der Waals surface area contributed by atoms with E-state index < -0.39 is 0 Å². The number of nitrogens with zero attached hydrogens (tertiary/aromatic N) is 5. The molecule has 2 aromatic heterocycles. The Labute approximate surface area is 148 Å². The molecule has 0 unspecified atom stereocenters. The Morgan fingerprint density at radius 3 is 2.92 bits per heavy atom. The van der Waals surface area contributed by atoms with Gasteiger partial charge in [-0.3, -0.25) is 14.4 Å². The van der Waals surface area contributed by atoms with Crippen LogP contribution in [0.5, 0.6) is 0 Å². The van der Waals surface area contributed by atoms with E-state index in [1.54, 1.807) is 19.3 Å². The molecule has 1 aliphatic rings. The number of carbonyl (C=O) groups is 1. The summed E-state index contributed by atoms with van der Waals surface area (Å²) in [5.41, 5.74) is 0. The Balaban J connectivity index is 1.56. The SMILES string of the molecule is CC(=O)N(Cc1ncc(C(C)C)o1)[C@H]1CCN(CCn2cccn2)C1. The van der Waals surface area contributed by atoms with E-state index in [-0.39, 0.29) is 11.9 Å². The maximum Gasteiger partial charge on any atom is 0.220 e. The van der Waals surface area contributed by atoms with Crippen LogP contribution in [0.15, 0.2) is 29.1 Å².